The van der Waals surface area contributed by atoms with Crippen molar-refractivity contribution in [2.75, 3.05) is 37.8 Å². The van der Waals surface area contributed by atoms with Gasteiger partial charge in [-0.3, -0.25) is 15.1 Å². The first-order chi connectivity index (χ1) is 14.4. The molecule has 0 aliphatic heterocycles. The Morgan fingerprint density at radius 1 is 1.17 bits per heavy atom. The number of aromatic nitrogens is 3. The third kappa shape index (κ3) is 5.48. The van der Waals surface area contributed by atoms with Crippen molar-refractivity contribution in [2.45, 2.75) is 13.3 Å². The standard InChI is InChI=1S/C21H25N7O2/c1-15-17(8-4-9-19(15)28(29)30)24-20-13-18(16-7-5-10-22-14-16)25-21(26-20)23-11-6-12-27(2)3/h4-5,7-10,13-14H,6,11-12H2,1-3H3,(H2,23,24,25,26). The number of nitro benzene ring substituents is 1. The molecule has 30 heavy (non-hydrogen) atoms. The Bertz CT molecular complexity index is 1010. The lowest BCUT2D eigenvalue weighted by Gasteiger charge is -2.13. The highest BCUT2D eigenvalue weighted by atomic mass is 16.6. The van der Waals surface area contributed by atoms with Crippen LogP contribution < -0.4 is 10.6 Å². The zero-order valence-electron chi connectivity index (χ0n) is 17.3. The fraction of sp³-hybridized carbons (Fsp3) is 0.286. The van der Waals surface area contributed by atoms with E-state index < -0.39 is 0 Å². The topological polar surface area (TPSA) is 109 Å². The largest absolute Gasteiger partial charge is 0.354 e. The first kappa shape index (κ1) is 21.1. The molecule has 0 saturated heterocycles. The number of nitrogens with one attached hydrogen (secondary N) is 2. The number of nitrogens with zero attached hydrogens (tertiary/aromatic N) is 5. The SMILES string of the molecule is Cc1c(Nc2cc(-c3cccnc3)nc(NCCCN(C)C)n2)cccc1[N+](=O)[O-]. The van der Waals surface area contributed by atoms with Gasteiger partial charge >= 0.3 is 0 Å². The molecule has 0 spiro atoms. The van der Waals surface area contributed by atoms with E-state index in [0.29, 0.717) is 28.7 Å². The van der Waals surface area contributed by atoms with Crippen LogP contribution in [0.1, 0.15) is 12.0 Å². The summed E-state index contributed by atoms with van der Waals surface area (Å²) in [6.07, 6.45) is 4.39. The van der Waals surface area contributed by atoms with Crippen molar-refractivity contribution in [3.63, 3.8) is 0 Å². The summed E-state index contributed by atoms with van der Waals surface area (Å²) < 4.78 is 0. The van der Waals surface area contributed by atoms with Gasteiger partial charge in [-0.05, 0) is 52.2 Å². The molecule has 0 unspecified atom stereocenters. The predicted molar refractivity (Wildman–Crippen MR) is 118 cm³/mol. The van der Waals surface area contributed by atoms with Gasteiger partial charge in [-0.25, -0.2) is 4.98 Å². The van der Waals surface area contributed by atoms with E-state index >= 15 is 0 Å². The number of benzene rings is 1. The van der Waals surface area contributed by atoms with Crippen LogP contribution in [0.2, 0.25) is 0 Å². The Balaban J connectivity index is 1.90. The third-order valence-corrected chi connectivity index (χ3v) is 4.51. The fourth-order valence-electron chi connectivity index (χ4n) is 2.94. The van der Waals surface area contributed by atoms with Crippen molar-refractivity contribution < 1.29 is 4.92 Å². The van der Waals surface area contributed by atoms with Crippen molar-refractivity contribution in [3.05, 3.63) is 64.5 Å². The zero-order chi connectivity index (χ0) is 21.5. The minimum atomic E-state index is -0.390. The molecule has 1 aromatic carbocycles. The molecule has 2 N–H and O–H groups in total. The molecule has 3 aromatic rings. The van der Waals surface area contributed by atoms with Gasteiger partial charge in [0.2, 0.25) is 5.95 Å². The van der Waals surface area contributed by atoms with Crippen molar-refractivity contribution in [1.29, 1.82) is 0 Å². The number of hydrogen-bond acceptors (Lipinski definition) is 8. The molecule has 0 fully saturated rings. The monoisotopic (exact) mass is 407 g/mol. The van der Waals surface area contributed by atoms with Crippen molar-refractivity contribution in [3.8, 4) is 11.3 Å². The summed E-state index contributed by atoms with van der Waals surface area (Å²) in [6, 6.07) is 10.5. The van der Waals surface area contributed by atoms with E-state index in [1.54, 1.807) is 37.5 Å². The van der Waals surface area contributed by atoms with E-state index in [2.05, 4.69) is 30.5 Å². The molecule has 2 heterocycles. The van der Waals surface area contributed by atoms with Gasteiger partial charge < -0.3 is 15.5 Å². The molecule has 0 atom stereocenters. The number of anilines is 3. The summed E-state index contributed by atoms with van der Waals surface area (Å²) in [4.78, 5) is 26.3. The van der Waals surface area contributed by atoms with Gasteiger partial charge in [0.25, 0.3) is 5.69 Å². The molecule has 0 saturated carbocycles. The summed E-state index contributed by atoms with van der Waals surface area (Å²) in [5.74, 6) is 1.03. The quantitative estimate of drug-likeness (QED) is 0.313. The van der Waals surface area contributed by atoms with E-state index in [0.717, 1.165) is 25.1 Å². The Hall–Kier alpha value is -3.59. The van der Waals surface area contributed by atoms with Crippen molar-refractivity contribution in [1.82, 2.24) is 19.9 Å². The van der Waals surface area contributed by atoms with Crippen LogP contribution in [0, 0.1) is 17.0 Å². The first-order valence-electron chi connectivity index (χ1n) is 9.63. The Labute approximate surface area is 175 Å². The van der Waals surface area contributed by atoms with E-state index in [1.807, 2.05) is 26.2 Å². The normalized spacial score (nSPS) is 10.8. The van der Waals surface area contributed by atoms with Crippen LogP contribution in [0.15, 0.2) is 48.8 Å². The summed E-state index contributed by atoms with van der Waals surface area (Å²) in [5, 5.41) is 17.7. The number of rotatable bonds is 9. The summed E-state index contributed by atoms with van der Waals surface area (Å²) in [6.45, 7) is 3.39. The van der Waals surface area contributed by atoms with Crippen LogP contribution in [0.3, 0.4) is 0 Å². The second-order valence-electron chi connectivity index (χ2n) is 7.12. The number of nitro groups is 1. The van der Waals surface area contributed by atoms with Gasteiger partial charge in [-0.15, -0.1) is 0 Å². The lowest BCUT2D eigenvalue weighted by atomic mass is 10.1. The second kappa shape index (κ2) is 9.75. The lowest BCUT2D eigenvalue weighted by Crippen LogP contribution is -2.17. The Morgan fingerprint density at radius 2 is 2.00 bits per heavy atom. The molecule has 156 valence electrons. The summed E-state index contributed by atoms with van der Waals surface area (Å²) in [7, 11) is 4.06. The molecule has 0 bridgehead atoms. The van der Waals surface area contributed by atoms with Gasteiger partial charge in [-0.1, -0.05) is 6.07 Å². The van der Waals surface area contributed by atoms with Crippen LogP contribution in [0.4, 0.5) is 23.1 Å². The molecule has 0 aliphatic rings. The zero-order valence-corrected chi connectivity index (χ0v) is 17.3. The smallest absolute Gasteiger partial charge is 0.274 e. The maximum atomic E-state index is 11.2. The average molecular weight is 407 g/mol. The van der Waals surface area contributed by atoms with Gasteiger partial charge in [0, 0.05) is 42.3 Å². The lowest BCUT2D eigenvalue weighted by molar-refractivity contribution is -0.385. The minimum Gasteiger partial charge on any atom is -0.354 e. The van der Waals surface area contributed by atoms with Gasteiger partial charge in [0.15, 0.2) is 0 Å². The Morgan fingerprint density at radius 3 is 2.70 bits per heavy atom. The molecule has 9 heteroatoms. The van der Waals surface area contributed by atoms with Gasteiger partial charge in [0.05, 0.1) is 16.2 Å². The molecular formula is C21H25N7O2. The molecule has 0 aliphatic carbocycles. The van der Waals surface area contributed by atoms with Crippen LogP contribution in [-0.2, 0) is 0 Å². The van der Waals surface area contributed by atoms with Crippen LogP contribution in [0.5, 0.6) is 0 Å². The van der Waals surface area contributed by atoms with E-state index in [1.165, 1.54) is 6.07 Å². The highest BCUT2D eigenvalue weighted by molar-refractivity contribution is 5.70. The van der Waals surface area contributed by atoms with E-state index in [4.69, 9.17) is 0 Å². The van der Waals surface area contributed by atoms with Crippen molar-refractivity contribution >= 4 is 23.1 Å². The van der Waals surface area contributed by atoms with Crippen LogP contribution >= 0.6 is 0 Å². The molecule has 0 amide bonds. The summed E-state index contributed by atoms with van der Waals surface area (Å²) >= 11 is 0. The Kier molecular flexibility index (Phi) is 6.87. The van der Waals surface area contributed by atoms with Crippen LogP contribution in [0.25, 0.3) is 11.3 Å². The first-order valence-corrected chi connectivity index (χ1v) is 9.63. The third-order valence-electron chi connectivity index (χ3n) is 4.51. The fourth-order valence-corrected chi connectivity index (χ4v) is 2.94. The van der Waals surface area contributed by atoms with E-state index in [9.17, 15) is 10.1 Å². The molecule has 3 rings (SSSR count). The predicted octanol–water partition coefficient (Wildman–Crippen LogP) is 3.86. The van der Waals surface area contributed by atoms with Crippen molar-refractivity contribution in [2.24, 2.45) is 0 Å². The van der Waals surface area contributed by atoms with E-state index in [-0.39, 0.29) is 10.6 Å². The van der Waals surface area contributed by atoms with Gasteiger partial charge in [-0.2, -0.15) is 4.98 Å². The highest BCUT2D eigenvalue weighted by Crippen LogP contribution is 2.29. The molecule has 0 radical (unpaired) electrons. The maximum absolute atomic E-state index is 11.2. The van der Waals surface area contributed by atoms with Gasteiger partial charge in [0.1, 0.15) is 5.82 Å². The summed E-state index contributed by atoms with van der Waals surface area (Å²) in [5.41, 5.74) is 2.79. The van der Waals surface area contributed by atoms with Crippen LogP contribution in [-0.4, -0.2) is 52.0 Å². The molecular weight excluding hydrogens is 382 g/mol. The molecule has 2 aromatic heterocycles. The molecule has 9 nitrogen and oxygen atoms in total. The number of pyridine rings is 1. The highest BCUT2D eigenvalue weighted by Gasteiger charge is 2.14. The minimum absolute atomic E-state index is 0.0589. The second-order valence-corrected chi connectivity index (χ2v) is 7.12. The maximum Gasteiger partial charge on any atom is 0.274 e. The number of hydrogen-bond donors (Lipinski definition) is 2. The average Bonchev–Trinajstić information content (AvgIpc) is 2.73.